The maximum absolute atomic E-state index is 13.0. The molecule has 23 heavy (non-hydrogen) atoms. The second kappa shape index (κ2) is 6.24. The molecule has 0 spiro atoms. The molecule has 5 heteroatoms. The highest BCUT2D eigenvalue weighted by Gasteiger charge is 2.36. The van der Waals surface area contributed by atoms with Crippen LogP contribution in [0.4, 0.5) is 11.4 Å². The van der Waals surface area contributed by atoms with Crippen LogP contribution in [0.25, 0.3) is 5.57 Å². The molecule has 0 aromatic heterocycles. The Morgan fingerprint density at radius 2 is 1.96 bits per heavy atom. The molecule has 5 nitrogen and oxygen atoms in total. The molecule has 0 unspecified atom stereocenters. The van der Waals surface area contributed by atoms with Gasteiger partial charge in [0.2, 0.25) is 0 Å². The number of benzene rings is 1. The molecule has 2 aliphatic heterocycles. The Balaban J connectivity index is 2.10. The smallest absolute Gasteiger partial charge is 0.261 e. The molecule has 3 N–H and O–H groups in total. The molecule has 1 aromatic carbocycles. The second-order valence-corrected chi connectivity index (χ2v) is 6.76. The van der Waals surface area contributed by atoms with Crippen molar-refractivity contribution in [2.75, 3.05) is 29.9 Å². The van der Waals surface area contributed by atoms with Crippen LogP contribution in [-0.4, -0.2) is 37.6 Å². The van der Waals surface area contributed by atoms with Crippen molar-refractivity contribution in [3.05, 3.63) is 29.5 Å². The maximum atomic E-state index is 13.0. The molecule has 1 aromatic rings. The van der Waals surface area contributed by atoms with E-state index >= 15 is 0 Å². The number of nitrogens with one attached hydrogen (secondary N) is 3. The summed E-state index contributed by atoms with van der Waals surface area (Å²) >= 11 is 0. The van der Waals surface area contributed by atoms with Gasteiger partial charge in [-0.05, 0) is 45.9 Å². The summed E-state index contributed by atoms with van der Waals surface area (Å²) in [5.74, 6) is 0.0999. The fourth-order valence-corrected chi connectivity index (χ4v) is 3.27. The summed E-state index contributed by atoms with van der Waals surface area (Å²) in [5, 5.41) is 10.2. The van der Waals surface area contributed by atoms with Gasteiger partial charge < -0.3 is 20.9 Å². The van der Waals surface area contributed by atoms with Crippen molar-refractivity contribution in [3.63, 3.8) is 0 Å². The van der Waals surface area contributed by atoms with Gasteiger partial charge in [-0.25, -0.2) is 0 Å². The highest BCUT2D eigenvalue weighted by Crippen LogP contribution is 2.40. The van der Waals surface area contributed by atoms with Gasteiger partial charge in [-0.1, -0.05) is 0 Å². The summed E-state index contributed by atoms with van der Waals surface area (Å²) in [5.41, 5.74) is 4.91. The average Bonchev–Trinajstić information content (AvgIpc) is 2.79. The first-order valence-corrected chi connectivity index (χ1v) is 8.41. The average molecular weight is 314 g/mol. The Kier molecular flexibility index (Phi) is 4.31. The number of hydrogen-bond acceptors (Lipinski definition) is 4. The van der Waals surface area contributed by atoms with Crippen LogP contribution in [0.15, 0.2) is 23.9 Å². The lowest BCUT2D eigenvalue weighted by Gasteiger charge is -2.23. The number of carbonyl (C=O) groups is 1. The molecule has 0 saturated carbocycles. The van der Waals surface area contributed by atoms with E-state index in [1.165, 1.54) is 0 Å². The molecule has 2 heterocycles. The fourth-order valence-electron chi connectivity index (χ4n) is 3.27. The van der Waals surface area contributed by atoms with Gasteiger partial charge in [0.1, 0.15) is 0 Å². The zero-order chi connectivity index (χ0) is 16.6. The van der Waals surface area contributed by atoms with Crippen LogP contribution in [0.2, 0.25) is 0 Å². The Labute approximate surface area is 138 Å². The van der Waals surface area contributed by atoms with Gasteiger partial charge >= 0.3 is 0 Å². The summed E-state index contributed by atoms with van der Waals surface area (Å²) in [6.45, 7) is 10.8. The van der Waals surface area contributed by atoms with Crippen molar-refractivity contribution in [2.24, 2.45) is 0 Å². The number of nitrogens with zero attached hydrogens (tertiary/aromatic N) is 1. The van der Waals surface area contributed by atoms with Crippen LogP contribution in [0.5, 0.6) is 0 Å². The molecule has 2 aliphatic rings. The lowest BCUT2D eigenvalue weighted by molar-refractivity contribution is -0.113. The second-order valence-electron chi connectivity index (χ2n) is 6.76. The number of rotatable bonds is 3. The maximum Gasteiger partial charge on any atom is 0.261 e. The molecule has 0 aliphatic carbocycles. The Bertz CT molecular complexity index is 640. The molecule has 0 atom stereocenters. The van der Waals surface area contributed by atoms with Gasteiger partial charge in [0.15, 0.2) is 0 Å². The molecule has 1 amide bonds. The zero-order valence-electron chi connectivity index (χ0n) is 14.4. The van der Waals surface area contributed by atoms with E-state index < -0.39 is 0 Å². The van der Waals surface area contributed by atoms with E-state index in [0.717, 1.165) is 41.3 Å². The first-order chi connectivity index (χ1) is 11.0. The van der Waals surface area contributed by atoms with Gasteiger partial charge in [-0.15, -0.1) is 0 Å². The van der Waals surface area contributed by atoms with E-state index in [0.29, 0.717) is 12.6 Å². The Morgan fingerprint density at radius 1 is 1.17 bits per heavy atom. The molecule has 124 valence electrons. The third-order valence-electron chi connectivity index (χ3n) is 4.17. The molecule has 1 saturated heterocycles. The fraction of sp³-hybridized carbons (Fsp3) is 0.500. The minimum Gasteiger partial charge on any atom is -0.385 e. The van der Waals surface area contributed by atoms with Gasteiger partial charge in [0.05, 0.1) is 11.3 Å². The lowest BCUT2D eigenvalue weighted by Crippen LogP contribution is -2.40. The number of piperazine rings is 1. The molecular formula is C18H26N4O. The van der Waals surface area contributed by atoms with Crippen molar-refractivity contribution >= 4 is 22.9 Å². The first kappa shape index (κ1) is 15.9. The van der Waals surface area contributed by atoms with Crippen molar-refractivity contribution in [1.82, 2.24) is 10.6 Å². The predicted molar refractivity (Wildman–Crippen MR) is 95.6 cm³/mol. The molecule has 0 radical (unpaired) electrons. The van der Waals surface area contributed by atoms with Crippen molar-refractivity contribution in [3.8, 4) is 0 Å². The van der Waals surface area contributed by atoms with Crippen LogP contribution in [-0.2, 0) is 4.79 Å². The van der Waals surface area contributed by atoms with E-state index in [1.54, 1.807) is 0 Å². The van der Waals surface area contributed by atoms with Crippen LogP contribution >= 0.6 is 0 Å². The minimum atomic E-state index is 0.0999. The largest absolute Gasteiger partial charge is 0.385 e. The van der Waals surface area contributed by atoms with Gasteiger partial charge in [-0.2, -0.15) is 0 Å². The summed E-state index contributed by atoms with van der Waals surface area (Å²) in [6, 6.07) is 6.72. The third kappa shape index (κ3) is 2.93. The SMILES string of the molecule is CC(C)Nc1ccc2c(c1)/C(=C1\CNCCN1)C(=O)N2C(C)C. The topological polar surface area (TPSA) is 56.4 Å². The monoisotopic (exact) mass is 314 g/mol. The zero-order valence-corrected chi connectivity index (χ0v) is 14.4. The van der Waals surface area contributed by atoms with Crippen LogP contribution in [0.3, 0.4) is 0 Å². The van der Waals surface area contributed by atoms with Gasteiger partial charge in [0.25, 0.3) is 5.91 Å². The van der Waals surface area contributed by atoms with E-state index in [-0.39, 0.29) is 11.9 Å². The van der Waals surface area contributed by atoms with Crippen molar-refractivity contribution < 1.29 is 4.79 Å². The predicted octanol–water partition coefficient (Wildman–Crippen LogP) is 2.17. The molecular weight excluding hydrogens is 288 g/mol. The lowest BCUT2D eigenvalue weighted by atomic mass is 10.0. The van der Waals surface area contributed by atoms with Crippen LogP contribution in [0.1, 0.15) is 33.3 Å². The number of anilines is 2. The Hall–Kier alpha value is -2.01. The van der Waals surface area contributed by atoms with Crippen LogP contribution < -0.4 is 20.9 Å². The molecule has 1 fully saturated rings. The van der Waals surface area contributed by atoms with E-state index in [2.05, 4.69) is 61.8 Å². The quantitative estimate of drug-likeness (QED) is 0.749. The number of hydrogen-bond donors (Lipinski definition) is 3. The minimum absolute atomic E-state index is 0.0999. The van der Waals surface area contributed by atoms with Gasteiger partial charge in [-0.3, -0.25) is 4.79 Å². The van der Waals surface area contributed by atoms with E-state index in [4.69, 9.17) is 0 Å². The first-order valence-electron chi connectivity index (χ1n) is 8.41. The standard InChI is InChI=1S/C18H26N4O/c1-11(2)21-13-5-6-16-14(9-13)17(15-10-19-7-8-20-15)18(23)22(16)12(3)4/h5-6,9,11-12,19-21H,7-8,10H2,1-4H3/b17-15-. The summed E-state index contributed by atoms with van der Waals surface area (Å²) in [7, 11) is 0. The van der Waals surface area contributed by atoms with Crippen molar-refractivity contribution in [2.45, 2.75) is 39.8 Å². The summed E-state index contributed by atoms with van der Waals surface area (Å²) < 4.78 is 0. The summed E-state index contributed by atoms with van der Waals surface area (Å²) in [6.07, 6.45) is 0. The third-order valence-corrected chi connectivity index (χ3v) is 4.17. The molecule has 3 rings (SSSR count). The summed E-state index contributed by atoms with van der Waals surface area (Å²) in [4.78, 5) is 14.9. The van der Waals surface area contributed by atoms with Gasteiger partial charge in [0, 0.05) is 48.7 Å². The van der Waals surface area contributed by atoms with Crippen LogP contribution in [0, 0.1) is 0 Å². The normalized spacial score (nSPS) is 21.0. The number of amides is 1. The highest BCUT2D eigenvalue weighted by molar-refractivity contribution is 6.33. The number of fused-ring (bicyclic) bond motifs is 1. The van der Waals surface area contributed by atoms with E-state index in [1.807, 2.05) is 4.90 Å². The highest BCUT2D eigenvalue weighted by atomic mass is 16.2. The number of carbonyl (C=O) groups excluding carboxylic acids is 1. The Morgan fingerprint density at radius 3 is 2.57 bits per heavy atom. The molecule has 0 bridgehead atoms. The van der Waals surface area contributed by atoms with Crippen molar-refractivity contribution in [1.29, 1.82) is 0 Å². The van der Waals surface area contributed by atoms with E-state index in [9.17, 15) is 4.79 Å².